The molecule has 1 aliphatic rings. The molecule has 2 heteroatoms. The maximum Gasteiger partial charge on any atom is 0.143 e. The summed E-state index contributed by atoms with van der Waals surface area (Å²) >= 11 is 0. The Hall–Kier alpha value is -6.90. The lowest BCUT2D eigenvalue weighted by atomic mass is 9.76. The first-order chi connectivity index (χ1) is 25.8. The van der Waals surface area contributed by atoms with Crippen LogP contribution < -0.4 is 4.90 Å². The number of rotatable bonds is 5. The van der Waals surface area contributed by atoms with Crippen LogP contribution in [0.15, 0.2) is 192 Å². The molecule has 0 saturated heterocycles. The summed E-state index contributed by atoms with van der Waals surface area (Å²) in [5.41, 5.74) is 15.1. The van der Waals surface area contributed by atoms with Crippen LogP contribution in [0.5, 0.6) is 0 Å². The first-order valence-electron chi connectivity index (χ1n) is 17.8. The molecule has 242 valence electrons. The first kappa shape index (κ1) is 28.9. The molecule has 10 aromatic rings. The van der Waals surface area contributed by atoms with E-state index in [1.54, 1.807) is 0 Å². The molecule has 11 rings (SSSR count). The number of hydrogen-bond acceptors (Lipinski definition) is 2. The van der Waals surface area contributed by atoms with E-state index in [1.807, 2.05) is 12.1 Å². The van der Waals surface area contributed by atoms with Gasteiger partial charge in [0.05, 0.1) is 5.69 Å². The normalized spacial score (nSPS) is 11.8. The van der Waals surface area contributed by atoms with Crippen LogP contribution in [0.4, 0.5) is 17.1 Å². The number of fused-ring (bicyclic) bond motifs is 9. The average Bonchev–Trinajstić information content (AvgIpc) is 3.60. The molecule has 0 aliphatic heterocycles. The van der Waals surface area contributed by atoms with E-state index in [-0.39, 0.29) is 0 Å². The van der Waals surface area contributed by atoms with Crippen molar-refractivity contribution in [3.8, 4) is 44.5 Å². The van der Waals surface area contributed by atoms with Crippen molar-refractivity contribution in [3.63, 3.8) is 0 Å². The molecule has 1 heterocycles. The third kappa shape index (κ3) is 4.38. The monoisotopic (exact) mass is 661 g/mol. The highest BCUT2D eigenvalue weighted by Crippen LogP contribution is 2.58. The molecule has 1 aromatic heterocycles. The summed E-state index contributed by atoms with van der Waals surface area (Å²) in [7, 11) is 0. The lowest BCUT2D eigenvalue weighted by Crippen LogP contribution is -2.15. The minimum Gasteiger partial charge on any atom is -0.455 e. The van der Waals surface area contributed by atoms with Crippen LogP contribution in [0.3, 0.4) is 0 Å². The molecular weight excluding hydrogens is 631 g/mol. The SMILES string of the molecule is c1ccc(-c2ccc(N(c3ccc(-c4cccc5c4oc4ccccc45)cc3)c3c4c(cc5ccccc35)-c3cc5ccccc5cc3-4)cc2)cc1. The summed E-state index contributed by atoms with van der Waals surface area (Å²) in [5, 5.41) is 7.26. The van der Waals surface area contributed by atoms with Crippen LogP contribution in [0.2, 0.25) is 0 Å². The average molecular weight is 662 g/mol. The molecule has 0 fully saturated rings. The zero-order valence-electron chi connectivity index (χ0n) is 28.3. The maximum atomic E-state index is 6.44. The third-order valence-corrected chi connectivity index (χ3v) is 10.8. The minimum absolute atomic E-state index is 0.911. The summed E-state index contributed by atoms with van der Waals surface area (Å²) in [6, 6.07) is 67.9. The third-order valence-electron chi connectivity index (χ3n) is 10.8. The fraction of sp³-hybridized carbons (Fsp3) is 0. The van der Waals surface area contributed by atoms with E-state index in [9.17, 15) is 0 Å². The Morgan fingerprint density at radius 3 is 1.65 bits per heavy atom. The minimum atomic E-state index is 0.911. The highest BCUT2D eigenvalue weighted by atomic mass is 16.3. The van der Waals surface area contributed by atoms with Crippen LogP contribution in [0, 0.1) is 0 Å². The van der Waals surface area contributed by atoms with Crippen LogP contribution in [-0.4, -0.2) is 0 Å². The van der Waals surface area contributed by atoms with Gasteiger partial charge in [0, 0.05) is 38.7 Å². The van der Waals surface area contributed by atoms with Crippen LogP contribution in [0.1, 0.15) is 0 Å². The van der Waals surface area contributed by atoms with Gasteiger partial charge in [0.2, 0.25) is 0 Å². The van der Waals surface area contributed by atoms with Crippen molar-refractivity contribution in [1.82, 2.24) is 0 Å². The van der Waals surface area contributed by atoms with Gasteiger partial charge in [0.15, 0.2) is 0 Å². The fourth-order valence-corrected chi connectivity index (χ4v) is 8.26. The zero-order chi connectivity index (χ0) is 34.2. The van der Waals surface area contributed by atoms with Gasteiger partial charge >= 0.3 is 0 Å². The molecule has 0 radical (unpaired) electrons. The second-order valence-corrected chi connectivity index (χ2v) is 13.7. The van der Waals surface area contributed by atoms with Gasteiger partial charge in [-0.05, 0) is 98.1 Å². The van der Waals surface area contributed by atoms with E-state index in [2.05, 4.69) is 181 Å². The summed E-state index contributed by atoms with van der Waals surface area (Å²) in [6.45, 7) is 0. The predicted octanol–water partition coefficient (Wildman–Crippen LogP) is 14.3. The maximum absolute atomic E-state index is 6.44. The van der Waals surface area contributed by atoms with Crippen molar-refractivity contribution in [1.29, 1.82) is 0 Å². The molecule has 0 amide bonds. The van der Waals surface area contributed by atoms with E-state index in [0.717, 1.165) is 44.4 Å². The van der Waals surface area contributed by atoms with E-state index >= 15 is 0 Å². The summed E-state index contributed by atoms with van der Waals surface area (Å²) in [6.07, 6.45) is 0. The molecule has 9 aromatic carbocycles. The van der Waals surface area contributed by atoms with Crippen molar-refractivity contribution >= 4 is 60.5 Å². The number of furan rings is 1. The lowest BCUT2D eigenvalue weighted by molar-refractivity contribution is 0.670. The summed E-state index contributed by atoms with van der Waals surface area (Å²) in [4.78, 5) is 2.46. The van der Waals surface area contributed by atoms with Gasteiger partial charge < -0.3 is 9.32 Å². The molecule has 2 nitrogen and oxygen atoms in total. The van der Waals surface area contributed by atoms with Crippen molar-refractivity contribution in [2.24, 2.45) is 0 Å². The van der Waals surface area contributed by atoms with Gasteiger partial charge in [-0.2, -0.15) is 0 Å². The van der Waals surface area contributed by atoms with Gasteiger partial charge in [0.25, 0.3) is 0 Å². The largest absolute Gasteiger partial charge is 0.455 e. The van der Waals surface area contributed by atoms with Gasteiger partial charge in [-0.3, -0.25) is 0 Å². The Balaban J connectivity index is 1.12. The van der Waals surface area contributed by atoms with Crippen molar-refractivity contribution in [3.05, 3.63) is 188 Å². The number of hydrogen-bond donors (Lipinski definition) is 0. The second kappa shape index (κ2) is 11.3. The van der Waals surface area contributed by atoms with Crippen molar-refractivity contribution < 1.29 is 4.42 Å². The molecule has 1 aliphatic carbocycles. The Labute approximate surface area is 301 Å². The predicted molar refractivity (Wildman–Crippen MR) is 219 cm³/mol. The number of anilines is 3. The van der Waals surface area contributed by atoms with Crippen molar-refractivity contribution in [2.75, 3.05) is 4.90 Å². The molecule has 0 atom stereocenters. The molecule has 0 saturated carbocycles. The van der Waals surface area contributed by atoms with E-state index in [0.29, 0.717) is 0 Å². The van der Waals surface area contributed by atoms with Gasteiger partial charge in [-0.25, -0.2) is 0 Å². The molecular formula is C50H31NO. The molecule has 52 heavy (non-hydrogen) atoms. The van der Waals surface area contributed by atoms with Gasteiger partial charge in [0.1, 0.15) is 11.2 Å². The zero-order valence-corrected chi connectivity index (χ0v) is 28.3. The van der Waals surface area contributed by atoms with Crippen LogP contribution in [0.25, 0.3) is 88.0 Å². The second-order valence-electron chi connectivity index (χ2n) is 13.7. The highest BCUT2D eigenvalue weighted by Gasteiger charge is 2.31. The standard InChI is InChI=1S/C50H31NO/c1-2-11-32(12-3-1)33-21-25-38(26-22-33)51(39-27-23-34(24-28-39)41-18-10-19-43-42-17-8-9-20-47(42)52-50(41)43)49-40-16-7-6-15-37(40)31-46-44-29-35-13-4-5-14-36(35)30-45(44)48(46)49/h1-31H. The van der Waals surface area contributed by atoms with E-state index in [1.165, 1.54) is 60.6 Å². The Morgan fingerprint density at radius 1 is 0.346 bits per heavy atom. The number of benzene rings is 9. The molecule has 0 spiro atoms. The Morgan fingerprint density at radius 2 is 0.904 bits per heavy atom. The highest BCUT2D eigenvalue weighted by molar-refractivity contribution is 6.20. The van der Waals surface area contributed by atoms with Gasteiger partial charge in [-0.15, -0.1) is 0 Å². The van der Waals surface area contributed by atoms with E-state index in [4.69, 9.17) is 4.42 Å². The summed E-state index contributed by atoms with van der Waals surface area (Å²) in [5.74, 6) is 0. The van der Waals surface area contributed by atoms with Gasteiger partial charge in [-0.1, -0.05) is 140 Å². The van der Waals surface area contributed by atoms with Crippen LogP contribution in [-0.2, 0) is 0 Å². The topological polar surface area (TPSA) is 16.4 Å². The molecule has 0 N–H and O–H groups in total. The first-order valence-corrected chi connectivity index (χ1v) is 17.8. The quantitative estimate of drug-likeness (QED) is 0.182. The smallest absolute Gasteiger partial charge is 0.143 e. The number of para-hydroxylation sites is 2. The number of nitrogens with zero attached hydrogens (tertiary/aromatic N) is 1. The molecule has 0 unspecified atom stereocenters. The Kier molecular flexibility index (Phi) is 6.28. The van der Waals surface area contributed by atoms with E-state index < -0.39 is 0 Å². The Bertz CT molecular complexity index is 2990. The lowest BCUT2D eigenvalue weighted by Gasteiger charge is -2.35. The summed E-state index contributed by atoms with van der Waals surface area (Å²) < 4.78 is 6.44. The fourth-order valence-electron chi connectivity index (χ4n) is 8.26. The van der Waals surface area contributed by atoms with Crippen LogP contribution >= 0.6 is 0 Å². The molecule has 0 bridgehead atoms. The van der Waals surface area contributed by atoms with Crippen molar-refractivity contribution in [2.45, 2.75) is 0 Å².